The maximum atomic E-state index is 2.49. The van der Waals surface area contributed by atoms with Crippen molar-refractivity contribution in [1.82, 2.24) is 9.13 Å². The summed E-state index contributed by atoms with van der Waals surface area (Å²) in [5.74, 6) is 0. The molecular weight excluding hydrogens is 651 g/mol. The highest BCUT2D eigenvalue weighted by Gasteiger charge is 2.23. The number of anilines is 3. The zero-order valence-corrected chi connectivity index (χ0v) is 29.0. The quantitative estimate of drug-likeness (QED) is 0.176. The number of thiophene rings is 1. The first kappa shape index (κ1) is 29.1. The van der Waals surface area contributed by atoms with Crippen LogP contribution in [0.3, 0.4) is 0 Å². The number of fused-ring (bicyclic) bond motifs is 11. The molecule has 0 radical (unpaired) electrons. The van der Waals surface area contributed by atoms with E-state index in [1.165, 1.54) is 69.5 Å². The van der Waals surface area contributed by atoms with Gasteiger partial charge in [-0.05, 0) is 91.0 Å². The second-order valence-electron chi connectivity index (χ2n) is 13.3. The molecule has 0 N–H and O–H groups in total. The van der Waals surface area contributed by atoms with Gasteiger partial charge >= 0.3 is 0 Å². The van der Waals surface area contributed by atoms with Crippen molar-refractivity contribution in [3.63, 3.8) is 0 Å². The number of hydrogen-bond donors (Lipinski definition) is 0. The Labute approximate surface area is 304 Å². The van der Waals surface area contributed by atoms with E-state index in [0.717, 1.165) is 22.7 Å². The minimum absolute atomic E-state index is 1.13. The van der Waals surface area contributed by atoms with Crippen LogP contribution in [0.25, 0.3) is 75.2 Å². The van der Waals surface area contributed by atoms with Crippen molar-refractivity contribution >= 4 is 92.2 Å². The Balaban J connectivity index is 1.29. The summed E-state index contributed by atoms with van der Waals surface area (Å²) in [4.78, 5) is 2.35. The lowest BCUT2D eigenvalue weighted by Crippen LogP contribution is -2.09. The number of hydrogen-bond acceptors (Lipinski definition) is 2. The van der Waals surface area contributed by atoms with Crippen LogP contribution in [0, 0.1) is 0 Å². The third kappa shape index (κ3) is 4.25. The van der Waals surface area contributed by atoms with Crippen LogP contribution in [0.1, 0.15) is 0 Å². The molecule has 0 saturated heterocycles. The van der Waals surface area contributed by atoms with Gasteiger partial charge in [-0.2, -0.15) is 0 Å². The monoisotopic (exact) mass is 681 g/mol. The van der Waals surface area contributed by atoms with E-state index in [1.807, 2.05) is 11.3 Å². The first-order chi connectivity index (χ1) is 25.8. The van der Waals surface area contributed by atoms with Crippen LogP contribution in [-0.4, -0.2) is 9.13 Å². The molecule has 0 fully saturated rings. The molecule has 244 valence electrons. The summed E-state index contributed by atoms with van der Waals surface area (Å²) in [5.41, 5.74) is 10.6. The Morgan fingerprint density at radius 1 is 0.346 bits per heavy atom. The molecule has 11 aromatic rings. The predicted molar refractivity (Wildman–Crippen MR) is 223 cm³/mol. The SMILES string of the molecule is c1ccc(N(c2ccccc2)c2ccc3c(c2)c2ccc4sc5ccc6c(c7ccccc7n6-c6ccccc6)c5c4c2n3-c2ccccc2)cc1. The first-order valence-corrected chi connectivity index (χ1v) is 18.5. The second kappa shape index (κ2) is 11.5. The van der Waals surface area contributed by atoms with E-state index in [0.29, 0.717) is 0 Å². The summed E-state index contributed by atoms with van der Waals surface area (Å²) in [6.45, 7) is 0. The zero-order valence-electron chi connectivity index (χ0n) is 28.1. The molecule has 0 unspecified atom stereocenters. The molecule has 3 nitrogen and oxygen atoms in total. The van der Waals surface area contributed by atoms with Gasteiger partial charge in [0.1, 0.15) is 0 Å². The lowest BCUT2D eigenvalue weighted by molar-refractivity contribution is 1.18. The summed E-state index contributed by atoms with van der Waals surface area (Å²) >= 11 is 1.89. The van der Waals surface area contributed by atoms with Crippen LogP contribution in [0.2, 0.25) is 0 Å². The average Bonchev–Trinajstić information content (AvgIpc) is 3.87. The topological polar surface area (TPSA) is 13.1 Å². The van der Waals surface area contributed by atoms with Crippen molar-refractivity contribution in [2.24, 2.45) is 0 Å². The molecule has 0 spiro atoms. The van der Waals surface area contributed by atoms with Crippen molar-refractivity contribution in [2.75, 3.05) is 4.90 Å². The number of aromatic nitrogens is 2. The van der Waals surface area contributed by atoms with Crippen LogP contribution in [0.5, 0.6) is 0 Å². The standard InChI is InChI=1S/C48H31N3S/c1-5-15-32(16-6-1)49(33-17-7-2-8-18-33)36-25-27-41-39(31-36)37-26-29-44-47(48(37)51(41)35-21-11-4-12-22-35)46-43(52-44)30-28-42-45(46)38-23-13-14-24-40(38)50(42)34-19-9-3-10-20-34/h1-31H. The molecule has 11 rings (SSSR count). The smallest absolute Gasteiger partial charge is 0.0634 e. The molecule has 0 saturated carbocycles. The van der Waals surface area contributed by atoms with Gasteiger partial charge in [0.25, 0.3) is 0 Å². The fraction of sp³-hybridized carbons (Fsp3) is 0. The van der Waals surface area contributed by atoms with Crippen LogP contribution in [0.4, 0.5) is 17.1 Å². The lowest BCUT2D eigenvalue weighted by atomic mass is 10.0. The van der Waals surface area contributed by atoms with E-state index in [2.05, 4.69) is 202 Å². The van der Waals surface area contributed by atoms with Gasteiger partial charge in [0.15, 0.2) is 0 Å². The Morgan fingerprint density at radius 3 is 1.58 bits per heavy atom. The number of nitrogens with zero attached hydrogens (tertiary/aromatic N) is 3. The van der Waals surface area contributed by atoms with E-state index < -0.39 is 0 Å². The van der Waals surface area contributed by atoms with Crippen molar-refractivity contribution in [2.45, 2.75) is 0 Å². The summed E-state index contributed by atoms with van der Waals surface area (Å²) in [6.07, 6.45) is 0. The number of para-hydroxylation sites is 5. The predicted octanol–water partition coefficient (Wildman–Crippen LogP) is 13.7. The molecular formula is C48H31N3S. The van der Waals surface area contributed by atoms with Gasteiger partial charge in [0.05, 0.1) is 22.1 Å². The van der Waals surface area contributed by atoms with E-state index in [9.17, 15) is 0 Å². The zero-order chi connectivity index (χ0) is 34.2. The second-order valence-corrected chi connectivity index (χ2v) is 14.4. The first-order valence-electron chi connectivity index (χ1n) is 17.7. The summed E-state index contributed by atoms with van der Waals surface area (Å²) in [7, 11) is 0. The molecule has 8 aromatic carbocycles. The highest BCUT2D eigenvalue weighted by molar-refractivity contribution is 7.26. The molecule has 52 heavy (non-hydrogen) atoms. The van der Waals surface area contributed by atoms with Crippen LogP contribution in [-0.2, 0) is 0 Å². The van der Waals surface area contributed by atoms with E-state index >= 15 is 0 Å². The van der Waals surface area contributed by atoms with Crippen LogP contribution >= 0.6 is 11.3 Å². The molecule has 4 heteroatoms. The number of benzene rings is 8. The molecule has 0 bridgehead atoms. The van der Waals surface area contributed by atoms with Gasteiger partial charge in [-0.1, -0.05) is 97.1 Å². The third-order valence-electron chi connectivity index (χ3n) is 10.5. The normalized spacial score (nSPS) is 11.8. The fourth-order valence-electron chi connectivity index (χ4n) is 8.34. The largest absolute Gasteiger partial charge is 0.310 e. The molecule has 3 aromatic heterocycles. The molecule has 3 heterocycles. The average molecular weight is 682 g/mol. The Bertz CT molecular complexity index is 3060. The van der Waals surface area contributed by atoms with Crippen molar-refractivity contribution in [3.05, 3.63) is 188 Å². The summed E-state index contributed by atoms with van der Waals surface area (Å²) in [6, 6.07) is 68.1. The molecule has 0 aliphatic heterocycles. The van der Waals surface area contributed by atoms with E-state index in [1.54, 1.807) is 0 Å². The summed E-state index contributed by atoms with van der Waals surface area (Å²) in [5, 5.41) is 7.69. The maximum absolute atomic E-state index is 2.49. The maximum Gasteiger partial charge on any atom is 0.0634 e. The third-order valence-corrected chi connectivity index (χ3v) is 11.6. The Kier molecular flexibility index (Phi) is 6.42. The highest BCUT2D eigenvalue weighted by Crippen LogP contribution is 2.48. The highest BCUT2D eigenvalue weighted by atomic mass is 32.1. The van der Waals surface area contributed by atoms with Gasteiger partial charge in [0, 0.05) is 70.2 Å². The van der Waals surface area contributed by atoms with Crippen molar-refractivity contribution in [3.8, 4) is 11.4 Å². The van der Waals surface area contributed by atoms with Gasteiger partial charge in [-0.15, -0.1) is 11.3 Å². The van der Waals surface area contributed by atoms with Crippen molar-refractivity contribution in [1.29, 1.82) is 0 Å². The van der Waals surface area contributed by atoms with Crippen molar-refractivity contribution < 1.29 is 0 Å². The fourth-order valence-corrected chi connectivity index (χ4v) is 9.45. The van der Waals surface area contributed by atoms with E-state index in [-0.39, 0.29) is 0 Å². The van der Waals surface area contributed by atoms with Gasteiger partial charge in [-0.25, -0.2) is 0 Å². The Morgan fingerprint density at radius 2 is 0.885 bits per heavy atom. The molecule has 0 atom stereocenters. The number of rotatable bonds is 5. The van der Waals surface area contributed by atoms with Gasteiger partial charge in [-0.3, -0.25) is 0 Å². The van der Waals surface area contributed by atoms with Gasteiger partial charge in [0.2, 0.25) is 0 Å². The lowest BCUT2D eigenvalue weighted by Gasteiger charge is -2.25. The molecule has 0 aliphatic carbocycles. The minimum Gasteiger partial charge on any atom is -0.310 e. The van der Waals surface area contributed by atoms with E-state index in [4.69, 9.17) is 0 Å². The van der Waals surface area contributed by atoms with Gasteiger partial charge < -0.3 is 14.0 Å². The minimum atomic E-state index is 1.13. The molecule has 0 amide bonds. The van der Waals surface area contributed by atoms with Crippen LogP contribution in [0.15, 0.2) is 188 Å². The summed E-state index contributed by atoms with van der Waals surface area (Å²) < 4.78 is 7.51. The Hall–Kier alpha value is -6.62. The van der Waals surface area contributed by atoms with Crippen LogP contribution < -0.4 is 4.90 Å². The molecule has 0 aliphatic rings.